The molecule has 0 spiro atoms. The lowest BCUT2D eigenvalue weighted by molar-refractivity contribution is -0.384. The van der Waals surface area contributed by atoms with Crippen molar-refractivity contribution < 1.29 is 14.6 Å². The molecule has 0 bridgehead atoms. The lowest BCUT2D eigenvalue weighted by Gasteiger charge is -2.24. The maximum absolute atomic E-state index is 10.6. The second kappa shape index (κ2) is 5.61. The number of nitro groups is 1. The molecular formula is C14H17N3O4. The normalized spacial score (nSPS) is 13.1. The van der Waals surface area contributed by atoms with Gasteiger partial charge in [-0.3, -0.25) is 10.1 Å². The highest BCUT2D eigenvalue weighted by atomic mass is 16.6. The Hall–Kier alpha value is -2.28. The van der Waals surface area contributed by atoms with Gasteiger partial charge in [0.05, 0.1) is 17.4 Å². The van der Waals surface area contributed by atoms with E-state index in [-0.39, 0.29) is 17.5 Å². The van der Waals surface area contributed by atoms with Crippen LogP contribution in [0.15, 0.2) is 28.8 Å². The molecule has 0 aliphatic rings. The zero-order chi connectivity index (χ0) is 15.6. The molecule has 2 aromatic rings. The summed E-state index contributed by atoms with van der Waals surface area (Å²) in [6, 6.07) is 5.89. The van der Waals surface area contributed by atoms with Gasteiger partial charge in [0.15, 0.2) is 0 Å². The first kappa shape index (κ1) is 15.1. The van der Waals surface area contributed by atoms with Gasteiger partial charge >= 0.3 is 0 Å². The maximum Gasteiger partial charge on any atom is 0.269 e. The Morgan fingerprint density at radius 2 is 1.95 bits per heavy atom. The van der Waals surface area contributed by atoms with Gasteiger partial charge in [-0.15, -0.1) is 0 Å². The van der Waals surface area contributed by atoms with Gasteiger partial charge in [0.2, 0.25) is 11.7 Å². The highest BCUT2D eigenvalue weighted by Gasteiger charge is 2.24. The number of aliphatic hydroxyl groups excluding tert-OH is 1. The Kier molecular flexibility index (Phi) is 4.04. The monoisotopic (exact) mass is 291 g/mol. The molecule has 0 amide bonds. The summed E-state index contributed by atoms with van der Waals surface area (Å²) in [7, 11) is 0. The molecule has 1 aromatic carbocycles. The number of hydrogen-bond donors (Lipinski definition) is 1. The van der Waals surface area contributed by atoms with Crippen molar-refractivity contribution in [1.82, 2.24) is 10.1 Å². The summed E-state index contributed by atoms with van der Waals surface area (Å²) in [6.07, 6.45) is -0.327. The summed E-state index contributed by atoms with van der Waals surface area (Å²) in [4.78, 5) is 14.3. The molecule has 1 heterocycles. The molecule has 7 nitrogen and oxygen atoms in total. The van der Waals surface area contributed by atoms with Gasteiger partial charge in [0, 0.05) is 17.7 Å². The quantitative estimate of drug-likeness (QED) is 0.686. The largest absolute Gasteiger partial charge is 0.392 e. The minimum Gasteiger partial charge on any atom is -0.392 e. The number of aliphatic hydroxyl groups is 1. The smallest absolute Gasteiger partial charge is 0.269 e. The molecule has 112 valence electrons. The lowest BCUT2D eigenvalue weighted by atomic mass is 9.87. The van der Waals surface area contributed by atoms with E-state index in [1.54, 1.807) is 12.1 Å². The SMILES string of the molecule is CC(C)(C)C(O)Cc1nc(-c2ccc([N+](=O)[O-])cc2)no1. The Morgan fingerprint density at radius 1 is 1.33 bits per heavy atom. The fourth-order valence-corrected chi connectivity index (χ4v) is 1.66. The van der Waals surface area contributed by atoms with Crippen LogP contribution in [0.2, 0.25) is 0 Å². The first-order valence-corrected chi connectivity index (χ1v) is 6.53. The summed E-state index contributed by atoms with van der Waals surface area (Å²) in [5.41, 5.74) is 0.355. The minimum atomic E-state index is -0.595. The van der Waals surface area contributed by atoms with Crippen LogP contribution in [0.5, 0.6) is 0 Å². The zero-order valence-electron chi connectivity index (χ0n) is 12.1. The van der Waals surface area contributed by atoms with Crippen molar-refractivity contribution >= 4 is 5.69 Å². The number of rotatable bonds is 4. The average Bonchev–Trinajstić information content (AvgIpc) is 2.86. The molecule has 0 aliphatic carbocycles. The van der Waals surface area contributed by atoms with Crippen LogP contribution < -0.4 is 0 Å². The fraction of sp³-hybridized carbons (Fsp3) is 0.429. The molecule has 1 aromatic heterocycles. The van der Waals surface area contributed by atoms with E-state index >= 15 is 0 Å². The maximum atomic E-state index is 10.6. The number of nitro benzene ring substituents is 1. The van der Waals surface area contributed by atoms with Crippen molar-refractivity contribution in [3.8, 4) is 11.4 Å². The van der Waals surface area contributed by atoms with Gasteiger partial charge in [0.1, 0.15) is 0 Å². The standard InChI is InChI=1S/C14H17N3O4/c1-14(2,3)11(18)8-12-15-13(16-21-12)9-4-6-10(7-5-9)17(19)20/h4-7,11,18H,8H2,1-3H3. The molecule has 7 heteroatoms. The summed E-state index contributed by atoms with van der Waals surface area (Å²) < 4.78 is 5.11. The highest BCUT2D eigenvalue weighted by molar-refractivity contribution is 5.56. The summed E-state index contributed by atoms with van der Waals surface area (Å²) in [5, 5.41) is 24.4. The van der Waals surface area contributed by atoms with E-state index in [0.29, 0.717) is 17.3 Å². The van der Waals surface area contributed by atoms with Gasteiger partial charge in [0.25, 0.3) is 5.69 Å². The van der Waals surface area contributed by atoms with Crippen LogP contribution in [0.1, 0.15) is 26.7 Å². The van der Waals surface area contributed by atoms with Crippen molar-refractivity contribution in [3.05, 3.63) is 40.3 Å². The molecular weight excluding hydrogens is 274 g/mol. The van der Waals surface area contributed by atoms with E-state index < -0.39 is 11.0 Å². The molecule has 2 rings (SSSR count). The Morgan fingerprint density at radius 3 is 2.48 bits per heavy atom. The molecule has 0 saturated carbocycles. The van der Waals surface area contributed by atoms with E-state index in [1.165, 1.54) is 12.1 Å². The van der Waals surface area contributed by atoms with E-state index in [2.05, 4.69) is 10.1 Å². The van der Waals surface area contributed by atoms with Crippen LogP contribution in [-0.2, 0) is 6.42 Å². The third-order valence-electron chi connectivity index (χ3n) is 3.17. The fourth-order valence-electron chi connectivity index (χ4n) is 1.66. The number of hydrogen-bond acceptors (Lipinski definition) is 6. The van der Waals surface area contributed by atoms with Crippen molar-refractivity contribution in [1.29, 1.82) is 0 Å². The third-order valence-corrected chi connectivity index (χ3v) is 3.17. The zero-order valence-corrected chi connectivity index (χ0v) is 12.1. The van der Waals surface area contributed by atoms with Gasteiger partial charge in [-0.1, -0.05) is 25.9 Å². The number of benzene rings is 1. The van der Waals surface area contributed by atoms with E-state index in [4.69, 9.17) is 4.52 Å². The number of nitrogens with zero attached hydrogens (tertiary/aromatic N) is 3. The topological polar surface area (TPSA) is 102 Å². The average molecular weight is 291 g/mol. The van der Waals surface area contributed by atoms with Gasteiger partial charge in [-0.2, -0.15) is 4.98 Å². The third kappa shape index (κ3) is 3.63. The molecule has 1 unspecified atom stereocenters. The second-order valence-corrected chi connectivity index (χ2v) is 5.90. The molecule has 1 atom stereocenters. The minimum absolute atomic E-state index is 0.00521. The summed E-state index contributed by atoms with van der Waals surface area (Å²) >= 11 is 0. The van der Waals surface area contributed by atoms with E-state index in [0.717, 1.165) is 0 Å². The molecule has 1 N–H and O–H groups in total. The Balaban J connectivity index is 2.14. The van der Waals surface area contributed by atoms with Crippen LogP contribution in [0.3, 0.4) is 0 Å². The first-order chi connectivity index (χ1) is 9.77. The van der Waals surface area contributed by atoms with Gasteiger partial charge < -0.3 is 9.63 Å². The number of non-ortho nitro benzene ring substituents is 1. The number of aromatic nitrogens is 2. The van der Waals surface area contributed by atoms with Crippen LogP contribution in [0.25, 0.3) is 11.4 Å². The first-order valence-electron chi connectivity index (χ1n) is 6.53. The highest BCUT2D eigenvalue weighted by Crippen LogP contribution is 2.24. The second-order valence-electron chi connectivity index (χ2n) is 5.90. The van der Waals surface area contributed by atoms with Crippen LogP contribution in [0.4, 0.5) is 5.69 Å². The molecule has 21 heavy (non-hydrogen) atoms. The Bertz CT molecular complexity index is 628. The van der Waals surface area contributed by atoms with Crippen molar-refractivity contribution in [3.63, 3.8) is 0 Å². The van der Waals surface area contributed by atoms with Crippen LogP contribution in [-0.4, -0.2) is 26.3 Å². The van der Waals surface area contributed by atoms with Crippen LogP contribution >= 0.6 is 0 Å². The Labute approximate surface area is 121 Å². The van der Waals surface area contributed by atoms with Crippen LogP contribution in [0, 0.1) is 15.5 Å². The predicted octanol–water partition coefficient (Wildman–Crippen LogP) is 2.59. The lowest BCUT2D eigenvalue weighted by Crippen LogP contribution is -2.28. The molecule has 0 radical (unpaired) electrons. The van der Waals surface area contributed by atoms with Crippen molar-refractivity contribution in [2.75, 3.05) is 0 Å². The van der Waals surface area contributed by atoms with Crippen molar-refractivity contribution in [2.45, 2.75) is 33.3 Å². The van der Waals surface area contributed by atoms with Gasteiger partial charge in [-0.05, 0) is 17.5 Å². The summed E-state index contributed by atoms with van der Waals surface area (Å²) in [5.74, 6) is 0.687. The van der Waals surface area contributed by atoms with E-state index in [1.807, 2.05) is 20.8 Å². The molecule has 0 fully saturated rings. The molecule has 0 saturated heterocycles. The van der Waals surface area contributed by atoms with Crippen molar-refractivity contribution in [2.24, 2.45) is 5.41 Å². The van der Waals surface area contributed by atoms with Gasteiger partial charge in [-0.25, -0.2) is 0 Å². The molecule has 0 aliphatic heterocycles. The van der Waals surface area contributed by atoms with E-state index in [9.17, 15) is 15.2 Å². The summed E-state index contributed by atoms with van der Waals surface area (Å²) in [6.45, 7) is 5.77. The predicted molar refractivity (Wildman–Crippen MR) is 75.6 cm³/mol.